The molecule has 0 aromatic heterocycles. The van der Waals surface area contributed by atoms with Gasteiger partial charge < -0.3 is 5.73 Å². The van der Waals surface area contributed by atoms with E-state index in [1.54, 1.807) is 0 Å². The van der Waals surface area contributed by atoms with Gasteiger partial charge in [-0.1, -0.05) is 40.2 Å². The van der Waals surface area contributed by atoms with Gasteiger partial charge in [0, 0.05) is 4.47 Å². The molecule has 2 heteroatoms. The molecule has 1 aliphatic carbocycles. The van der Waals surface area contributed by atoms with E-state index in [1.165, 1.54) is 47.1 Å². The molecule has 0 aliphatic heterocycles. The van der Waals surface area contributed by atoms with Gasteiger partial charge in [-0.2, -0.15) is 0 Å². The first-order valence-corrected chi connectivity index (χ1v) is 7.58. The highest BCUT2D eigenvalue weighted by Crippen LogP contribution is 2.29. The first kappa shape index (κ1) is 12.9. The van der Waals surface area contributed by atoms with Gasteiger partial charge in [0.05, 0.1) is 6.04 Å². The summed E-state index contributed by atoms with van der Waals surface area (Å²) in [5.41, 5.74) is 13.1. The molecule has 3 rings (SSSR count). The van der Waals surface area contributed by atoms with Gasteiger partial charge in [-0.05, 0) is 66.1 Å². The lowest BCUT2D eigenvalue weighted by Gasteiger charge is -2.16. The van der Waals surface area contributed by atoms with Crippen LogP contribution in [0.1, 0.15) is 40.3 Å². The molecule has 19 heavy (non-hydrogen) atoms. The molecule has 1 aliphatic rings. The second-order valence-electron chi connectivity index (χ2n) is 5.36. The third-order valence-corrected chi connectivity index (χ3v) is 4.54. The average Bonchev–Trinajstić information content (AvgIpc) is 2.85. The molecule has 0 saturated heterocycles. The molecule has 0 heterocycles. The highest BCUT2D eigenvalue weighted by Gasteiger charge is 2.16. The molecule has 1 atom stereocenters. The monoisotopic (exact) mass is 315 g/mol. The topological polar surface area (TPSA) is 26.0 Å². The predicted molar refractivity (Wildman–Crippen MR) is 83.4 cm³/mol. The van der Waals surface area contributed by atoms with Crippen molar-refractivity contribution in [3.63, 3.8) is 0 Å². The Balaban J connectivity index is 1.97. The second-order valence-corrected chi connectivity index (χ2v) is 6.28. The quantitative estimate of drug-likeness (QED) is 0.878. The Morgan fingerprint density at radius 2 is 1.84 bits per heavy atom. The van der Waals surface area contributed by atoms with E-state index < -0.39 is 0 Å². The normalized spacial score (nSPS) is 15.3. The third-order valence-electron chi connectivity index (χ3n) is 4.05. The molecule has 0 amide bonds. The van der Waals surface area contributed by atoms with Crippen LogP contribution in [0, 0.1) is 6.92 Å². The van der Waals surface area contributed by atoms with Crippen molar-refractivity contribution in [3.05, 3.63) is 68.7 Å². The Morgan fingerprint density at radius 3 is 2.63 bits per heavy atom. The summed E-state index contributed by atoms with van der Waals surface area (Å²) in [5, 5.41) is 0. The van der Waals surface area contributed by atoms with Crippen LogP contribution in [0.25, 0.3) is 0 Å². The minimum Gasteiger partial charge on any atom is -0.320 e. The largest absolute Gasteiger partial charge is 0.320 e. The van der Waals surface area contributed by atoms with Crippen LogP contribution in [0.3, 0.4) is 0 Å². The van der Waals surface area contributed by atoms with Crippen LogP contribution >= 0.6 is 15.9 Å². The SMILES string of the molecule is Cc1cc(Br)ccc1C(N)c1ccc2c(c1)CCC2. The van der Waals surface area contributed by atoms with E-state index in [9.17, 15) is 0 Å². The summed E-state index contributed by atoms with van der Waals surface area (Å²) in [6.45, 7) is 2.12. The fourth-order valence-corrected chi connectivity index (χ4v) is 3.43. The van der Waals surface area contributed by atoms with Crippen molar-refractivity contribution in [2.24, 2.45) is 5.73 Å². The van der Waals surface area contributed by atoms with Gasteiger partial charge >= 0.3 is 0 Å². The van der Waals surface area contributed by atoms with Gasteiger partial charge in [0.25, 0.3) is 0 Å². The van der Waals surface area contributed by atoms with E-state index in [0.717, 1.165) is 4.47 Å². The molecule has 2 aromatic carbocycles. The standard InChI is InChI=1S/C17H18BrN/c1-11-9-15(18)7-8-16(11)17(19)14-6-5-12-3-2-4-13(12)10-14/h5-10,17H,2-4,19H2,1H3. The maximum absolute atomic E-state index is 6.45. The van der Waals surface area contributed by atoms with Crippen LogP contribution in [0.15, 0.2) is 40.9 Å². The van der Waals surface area contributed by atoms with Crippen molar-refractivity contribution < 1.29 is 0 Å². The highest BCUT2D eigenvalue weighted by atomic mass is 79.9. The minimum absolute atomic E-state index is 0.0287. The number of benzene rings is 2. The molecule has 2 aromatic rings. The van der Waals surface area contributed by atoms with Crippen LogP contribution < -0.4 is 5.73 Å². The van der Waals surface area contributed by atoms with Gasteiger partial charge in [0.2, 0.25) is 0 Å². The maximum atomic E-state index is 6.45. The van der Waals surface area contributed by atoms with Gasteiger partial charge in [-0.3, -0.25) is 0 Å². The van der Waals surface area contributed by atoms with Crippen molar-refractivity contribution in [2.75, 3.05) is 0 Å². The first-order valence-electron chi connectivity index (χ1n) is 6.78. The lowest BCUT2D eigenvalue weighted by molar-refractivity contribution is 0.857. The molecule has 1 unspecified atom stereocenters. The maximum Gasteiger partial charge on any atom is 0.0554 e. The van der Waals surface area contributed by atoms with E-state index in [0.29, 0.717) is 0 Å². The molecule has 0 fully saturated rings. The minimum atomic E-state index is -0.0287. The summed E-state index contributed by atoms with van der Waals surface area (Å²) in [6, 6.07) is 13.0. The van der Waals surface area contributed by atoms with Gasteiger partial charge in [-0.25, -0.2) is 0 Å². The molecule has 1 nitrogen and oxygen atoms in total. The average molecular weight is 316 g/mol. The Labute approximate surface area is 123 Å². The Hall–Kier alpha value is -1.12. The Morgan fingerprint density at radius 1 is 1.05 bits per heavy atom. The summed E-state index contributed by atoms with van der Waals surface area (Å²) in [4.78, 5) is 0. The van der Waals surface area contributed by atoms with E-state index in [2.05, 4.69) is 59.3 Å². The zero-order valence-corrected chi connectivity index (χ0v) is 12.7. The number of aryl methyl sites for hydroxylation is 3. The Kier molecular flexibility index (Phi) is 3.46. The third kappa shape index (κ3) is 2.47. The van der Waals surface area contributed by atoms with Crippen molar-refractivity contribution >= 4 is 15.9 Å². The summed E-state index contributed by atoms with van der Waals surface area (Å²) >= 11 is 3.50. The summed E-state index contributed by atoms with van der Waals surface area (Å²) in [6.07, 6.45) is 3.71. The summed E-state index contributed by atoms with van der Waals surface area (Å²) in [5.74, 6) is 0. The van der Waals surface area contributed by atoms with E-state index in [4.69, 9.17) is 5.73 Å². The number of fused-ring (bicyclic) bond motifs is 1. The first-order chi connectivity index (χ1) is 9.15. The lowest BCUT2D eigenvalue weighted by Crippen LogP contribution is -2.13. The second kappa shape index (κ2) is 5.10. The molecular weight excluding hydrogens is 298 g/mol. The summed E-state index contributed by atoms with van der Waals surface area (Å²) < 4.78 is 1.11. The van der Waals surface area contributed by atoms with Crippen LogP contribution in [0.4, 0.5) is 0 Å². The molecule has 0 bridgehead atoms. The molecule has 2 N–H and O–H groups in total. The summed E-state index contributed by atoms with van der Waals surface area (Å²) in [7, 11) is 0. The number of hydrogen-bond acceptors (Lipinski definition) is 1. The van der Waals surface area contributed by atoms with Crippen LogP contribution in [0.2, 0.25) is 0 Å². The predicted octanol–water partition coefficient (Wildman–Crippen LogP) is 4.29. The van der Waals surface area contributed by atoms with E-state index in [1.807, 2.05) is 0 Å². The fraction of sp³-hybridized carbons (Fsp3) is 0.294. The van der Waals surface area contributed by atoms with Crippen LogP contribution in [-0.2, 0) is 12.8 Å². The molecule has 0 saturated carbocycles. The van der Waals surface area contributed by atoms with Crippen molar-refractivity contribution in [1.29, 1.82) is 0 Å². The molecule has 0 radical (unpaired) electrons. The van der Waals surface area contributed by atoms with Crippen molar-refractivity contribution in [3.8, 4) is 0 Å². The number of halogens is 1. The van der Waals surface area contributed by atoms with Crippen LogP contribution in [0.5, 0.6) is 0 Å². The molecule has 0 spiro atoms. The number of hydrogen-bond donors (Lipinski definition) is 1. The van der Waals surface area contributed by atoms with Crippen molar-refractivity contribution in [1.82, 2.24) is 0 Å². The van der Waals surface area contributed by atoms with Gasteiger partial charge in [0.15, 0.2) is 0 Å². The zero-order chi connectivity index (χ0) is 13.4. The smallest absolute Gasteiger partial charge is 0.0554 e. The van der Waals surface area contributed by atoms with Gasteiger partial charge in [0.1, 0.15) is 0 Å². The zero-order valence-electron chi connectivity index (χ0n) is 11.1. The fourth-order valence-electron chi connectivity index (χ4n) is 2.95. The Bertz CT molecular complexity index is 619. The number of rotatable bonds is 2. The number of nitrogens with two attached hydrogens (primary N) is 1. The van der Waals surface area contributed by atoms with Crippen molar-refractivity contribution in [2.45, 2.75) is 32.2 Å². The highest BCUT2D eigenvalue weighted by molar-refractivity contribution is 9.10. The van der Waals surface area contributed by atoms with Gasteiger partial charge in [-0.15, -0.1) is 0 Å². The molecular formula is C17H18BrN. The molecule has 98 valence electrons. The van der Waals surface area contributed by atoms with E-state index >= 15 is 0 Å². The van der Waals surface area contributed by atoms with Crippen LogP contribution in [-0.4, -0.2) is 0 Å². The van der Waals surface area contributed by atoms with E-state index in [-0.39, 0.29) is 6.04 Å². The lowest BCUT2D eigenvalue weighted by atomic mass is 9.94.